The van der Waals surface area contributed by atoms with E-state index in [4.69, 9.17) is 0 Å². The molecule has 0 aromatic heterocycles. The Kier molecular flexibility index (Phi) is 4.21. The number of hydrogen-bond acceptors (Lipinski definition) is 1. The molecule has 0 N–H and O–H groups in total. The molecule has 5 rings (SSSR count). The molecule has 0 spiro atoms. The fraction of sp³-hybridized carbons (Fsp3) is 0.111. The number of aryl methyl sites for hydroxylation is 1. The van der Waals surface area contributed by atoms with Gasteiger partial charge in [0.1, 0.15) is 0 Å². The fourth-order valence-electron chi connectivity index (χ4n) is 4.38. The minimum Gasteiger partial charge on any atom is -0.333 e. The second-order valence-corrected chi connectivity index (χ2v) is 7.44. The van der Waals surface area contributed by atoms with Crippen LogP contribution in [0.3, 0.4) is 0 Å². The van der Waals surface area contributed by atoms with Gasteiger partial charge < -0.3 is 4.90 Å². The van der Waals surface area contributed by atoms with Crippen LogP contribution in [0.4, 0.5) is 11.4 Å². The largest absolute Gasteiger partial charge is 0.333 e. The Labute approximate surface area is 166 Å². The van der Waals surface area contributed by atoms with E-state index >= 15 is 0 Å². The molecule has 0 aliphatic heterocycles. The summed E-state index contributed by atoms with van der Waals surface area (Å²) in [4.78, 5) is 2.54. The predicted octanol–water partition coefficient (Wildman–Crippen LogP) is 7.44. The molecule has 0 amide bonds. The normalized spacial score (nSPS) is 15.4. The Morgan fingerprint density at radius 1 is 0.714 bits per heavy atom. The van der Waals surface area contributed by atoms with Crippen molar-refractivity contribution >= 4 is 28.2 Å². The molecule has 136 valence electrons. The first-order valence-corrected chi connectivity index (χ1v) is 9.91. The van der Waals surface area contributed by atoms with Crippen molar-refractivity contribution in [2.75, 3.05) is 4.90 Å². The lowest BCUT2D eigenvalue weighted by atomic mass is 9.90. The summed E-state index contributed by atoms with van der Waals surface area (Å²) in [5, 5.41) is 2.57. The highest BCUT2D eigenvalue weighted by Gasteiger charge is 2.27. The lowest BCUT2D eigenvalue weighted by molar-refractivity contribution is 0.702. The summed E-state index contributed by atoms with van der Waals surface area (Å²) in [5.41, 5.74) is 6.54. The van der Waals surface area contributed by atoms with E-state index in [-0.39, 0.29) is 6.04 Å². The van der Waals surface area contributed by atoms with E-state index in [1.54, 1.807) is 0 Å². The summed E-state index contributed by atoms with van der Waals surface area (Å²) in [6.45, 7) is 2.21. The van der Waals surface area contributed by atoms with Crippen LogP contribution in [0.1, 0.15) is 29.2 Å². The molecule has 28 heavy (non-hydrogen) atoms. The maximum atomic E-state index is 2.54. The predicted molar refractivity (Wildman–Crippen MR) is 120 cm³/mol. The molecule has 4 aromatic rings. The van der Waals surface area contributed by atoms with Gasteiger partial charge in [0, 0.05) is 16.8 Å². The Bertz CT molecular complexity index is 1170. The van der Waals surface area contributed by atoms with Crippen LogP contribution in [0.5, 0.6) is 0 Å². The molecular formula is C27H23N. The van der Waals surface area contributed by atoms with Crippen LogP contribution in [-0.4, -0.2) is 0 Å². The second kappa shape index (κ2) is 7.01. The lowest BCUT2D eigenvalue weighted by Crippen LogP contribution is -2.26. The van der Waals surface area contributed by atoms with Gasteiger partial charge in [-0.1, -0.05) is 91.0 Å². The number of fused-ring (bicyclic) bond motifs is 2. The van der Waals surface area contributed by atoms with Gasteiger partial charge in [-0.25, -0.2) is 0 Å². The average Bonchev–Trinajstić information content (AvgIpc) is 2.75. The maximum absolute atomic E-state index is 2.54. The van der Waals surface area contributed by atoms with E-state index in [2.05, 4.69) is 115 Å². The number of nitrogens with zero attached hydrogens (tertiary/aromatic N) is 1. The topological polar surface area (TPSA) is 3.24 Å². The molecule has 0 bridgehead atoms. The average molecular weight is 361 g/mol. The molecule has 0 radical (unpaired) electrons. The molecule has 1 aliphatic carbocycles. The van der Waals surface area contributed by atoms with Gasteiger partial charge in [0.25, 0.3) is 0 Å². The Morgan fingerprint density at radius 2 is 1.43 bits per heavy atom. The molecule has 0 fully saturated rings. The van der Waals surface area contributed by atoms with E-state index in [1.807, 2.05) is 0 Å². The van der Waals surface area contributed by atoms with Gasteiger partial charge in [-0.3, -0.25) is 0 Å². The van der Waals surface area contributed by atoms with Crippen LogP contribution < -0.4 is 4.90 Å². The molecule has 0 saturated heterocycles. The monoisotopic (exact) mass is 361 g/mol. The van der Waals surface area contributed by atoms with E-state index in [9.17, 15) is 0 Å². The van der Waals surface area contributed by atoms with Gasteiger partial charge in [-0.2, -0.15) is 0 Å². The Hall–Kier alpha value is -3.32. The number of rotatable bonds is 3. The fourth-order valence-corrected chi connectivity index (χ4v) is 4.38. The minimum absolute atomic E-state index is 0.271. The van der Waals surface area contributed by atoms with Crippen LogP contribution >= 0.6 is 0 Å². The van der Waals surface area contributed by atoms with Crippen molar-refractivity contribution in [1.29, 1.82) is 0 Å². The standard InChI is InChI=1S/C27H23N/c1-20-10-2-7-17-25(20)28(26-18-8-13-21-11-3-5-15-23(21)26)27-19-9-14-22-12-4-6-16-24(22)27/h2-18,27H,19H2,1H3/t27-/m0/s1. The van der Waals surface area contributed by atoms with E-state index in [0.29, 0.717) is 0 Å². The summed E-state index contributed by atoms with van der Waals surface area (Å²) in [6, 6.07) is 33.1. The molecular weight excluding hydrogens is 338 g/mol. The molecule has 1 nitrogen and oxygen atoms in total. The van der Waals surface area contributed by atoms with E-state index in [0.717, 1.165) is 6.42 Å². The van der Waals surface area contributed by atoms with Crippen LogP contribution in [-0.2, 0) is 0 Å². The third-order valence-corrected chi connectivity index (χ3v) is 5.72. The van der Waals surface area contributed by atoms with Crippen LogP contribution in [0.2, 0.25) is 0 Å². The van der Waals surface area contributed by atoms with Crippen LogP contribution in [0, 0.1) is 6.92 Å². The summed E-state index contributed by atoms with van der Waals surface area (Å²) >= 11 is 0. The van der Waals surface area contributed by atoms with Gasteiger partial charge in [-0.05, 0) is 47.6 Å². The first-order valence-electron chi connectivity index (χ1n) is 9.91. The zero-order chi connectivity index (χ0) is 18.9. The zero-order valence-electron chi connectivity index (χ0n) is 16.0. The SMILES string of the molecule is Cc1ccccc1N(c1cccc2ccccc12)[C@H]1CC=Cc2ccccc21. The van der Waals surface area contributed by atoms with E-state index < -0.39 is 0 Å². The minimum atomic E-state index is 0.271. The molecule has 1 heteroatoms. The summed E-state index contributed by atoms with van der Waals surface area (Å²) in [6.07, 6.45) is 5.56. The summed E-state index contributed by atoms with van der Waals surface area (Å²) in [7, 11) is 0. The first-order chi connectivity index (χ1) is 13.8. The lowest BCUT2D eigenvalue weighted by Gasteiger charge is -2.37. The van der Waals surface area contributed by atoms with Crippen LogP contribution in [0.25, 0.3) is 16.8 Å². The third kappa shape index (κ3) is 2.80. The van der Waals surface area contributed by atoms with Crippen molar-refractivity contribution in [3.8, 4) is 0 Å². The number of anilines is 2. The van der Waals surface area contributed by atoms with Crippen molar-refractivity contribution in [1.82, 2.24) is 0 Å². The highest BCUT2D eigenvalue weighted by Crippen LogP contribution is 2.44. The highest BCUT2D eigenvalue weighted by molar-refractivity contribution is 5.96. The van der Waals surface area contributed by atoms with Crippen molar-refractivity contribution < 1.29 is 0 Å². The van der Waals surface area contributed by atoms with Gasteiger partial charge in [0.15, 0.2) is 0 Å². The number of benzene rings is 4. The maximum Gasteiger partial charge on any atom is 0.0632 e. The van der Waals surface area contributed by atoms with Crippen molar-refractivity contribution in [2.24, 2.45) is 0 Å². The van der Waals surface area contributed by atoms with Crippen molar-refractivity contribution in [2.45, 2.75) is 19.4 Å². The second-order valence-electron chi connectivity index (χ2n) is 7.44. The first kappa shape index (κ1) is 16.8. The molecule has 0 unspecified atom stereocenters. The Morgan fingerprint density at radius 3 is 2.36 bits per heavy atom. The molecule has 0 heterocycles. The number of hydrogen-bond donors (Lipinski definition) is 0. The third-order valence-electron chi connectivity index (χ3n) is 5.72. The smallest absolute Gasteiger partial charge is 0.0632 e. The van der Waals surface area contributed by atoms with Gasteiger partial charge in [0.05, 0.1) is 6.04 Å². The van der Waals surface area contributed by atoms with Crippen molar-refractivity contribution in [3.05, 3.63) is 114 Å². The number of para-hydroxylation sites is 1. The highest BCUT2D eigenvalue weighted by atomic mass is 15.2. The van der Waals surface area contributed by atoms with Gasteiger partial charge >= 0.3 is 0 Å². The summed E-state index contributed by atoms with van der Waals surface area (Å²) < 4.78 is 0. The quantitative estimate of drug-likeness (QED) is 0.366. The van der Waals surface area contributed by atoms with E-state index in [1.165, 1.54) is 38.8 Å². The Balaban J connectivity index is 1.78. The van der Waals surface area contributed by atoms with Crippen molar-refractivity contribution in [3.63, 3.8) is 0 Å². The molecule has 1 atom stereocenters. The van der Waals surface area contributed by atoms with Crippen LogP contribution in [0.15, 0.2) is 97.1 Å². The molecule has 1 aliphatic rings. The summed E-state index contributed by atoms with van der Waals surface area (Å²) in [5.74, 6) is 0. The molecule has 4 aromatic carbocycles. The van der Waals surface area contributed by atoms with Gasteiger partial charge in [0.2, 0.25) is 0 Å². The van der Waals surface area contributed by atoms with Gasteiger partial charge in [-0.15, -0.1) is 0 Å². The molecule has 0 saturated carbocycles. The zero-order valence-corrected chi connectivity index (χ0v) is 16.0.